The number of rotatable bonds is 3. The lowest BCUT2D eigenvalue weighted by Gasteiger charge is -2.46. The molecule has 1 aliphatic heterocycles. The van der Waals surface area contributed by atoms with Crippen molar-refractivity contribution < 1.29 is 9.31 Å². The van der Waals surface area contributed by atoms with Gasteiger partial charge in [-0.2, -0.15) is 11.3 Å². The summed E-state index contributed by atoms with van der Waals surface area (Å²) >= 11 is 1.74. The fourth-order valence-electron chi connectivity index (χ4n) is 4.08. The van der Waals surface area contributed by atoms with Gasteiger partial charge in [-0.1, -0.05) is 20.8 Å². The van der Waals surface area contributed by atoms with Crippen LogP contribution in [0.5, 0.6) is 0 Å². The molecule has 0 bridgehead atoms. The zero-order chi connectivity index (χ0) is 14.3. The summed E-state index contributed by atoms with van der Waals surface area (Å²) in [4.78, 5) is 0. The van der Waals surface area contributed by atoms with Gasteiger partial charge in [0.2, 0.25) is 0 Å². The number of hydrogen-bond acceptors (Lipinski definition) is 3. The summed E-state index contributed by atoms with van der Waals surface area (Å²) < 4.78 is 12.7. The van der Waals surface area contributed by atoms with Crippen LogP contribution in [0, 0.1) is 17.8 Å². The van der Waals surface area contributed by atoms with Crippen molar-refractivity contribution in [3.63, 3.8) is 0 Å². The first-order valence-electron chi connectivity index (χ1n) is 7.83. The average molecular weight is 292 g/mol. The van der Waals surface area contributed by atoms with Crippen LogP contribution in [0.2, 0.25) is 0 Å². The molecule has 0 amide bonds. The second kappa shape index (κ2) is 5.47. The van der Waals surface area contributed by atoms with E-state index in [0.717, 1.165) is 18.7 Å². The molecule has 1 aliphatic carbocycles. The first kappa shape index (κ1) is 14.6. The molecular weight excluding hydrogens is 267 g/mol. The highest BCUT2D eigenvalue weighted by atomic mass is 32.1. The van der Waals surface area contributed by atoms with Crippen LogP contribution in [-0.2, 0) is 15.6 Å². The van der Waals surface area contributed by atoms with Crippen LogP contribution in [0.15, 0.2) is 16.8 Å². The van der Waals surface area contributed by atoms with Crippen molar-refractivity contribution in [2.75, 3.05) is 0 Å². The van der Waals surface area contributed by atoms with E-state index in [4.69, 9.17) is 9.31 Å². The van der Waals surface area contributed by atoms with E-state index in [1.54, 1.807) is 11.3 Å². The Morgan fingerprint density at radius 3 is 2.90 bits per heavy atom. The molecule has 20 heavy (non-hydrogen) atoms. The fraction of sp³-hybridized carbons (Fsp3) is 0.750. The summed E-state index contributed by atoms with van der Waals surface area (Å²) in [5, 5.41) is 4.32. The normalized spacial score (nSPS) is 37.5. The molecular formula is C16H25BO2S. The van der Waals surface area contributed by atoms with Crippen molar-refractivity contribution in [1.29, 1.82) is 0 Å². The van der Waals surface area contributed by atoms with Gasteiger partial charge in [0.05, 0.1) is 11.7 Å². The average Bonchev–Trinajstić information content (AvgIpc) is 2.96. The van der Waals surface area contributed by atoms with E-state index in [1.165, 1.54) is 12.0 Å². The maximum Gasteiger partial charge on any atom is 0.462 e. The predicted molar refractivity (Wildman–Crippen MR) is 84.9 cm³/mol. The van der Waals surface area contributed by atoms with Crippen molar-refractivity contribution >= 4 is 18.5 Å². The van der Waals surface area contributed by atoms with Crippen molar-refractivity contribution in [2.24, 2.45) is 17.8 Å². The van der Waals surface area contributed by atoms with Gasteiger partial charge in [0.1, 0.15) is 0 Å². The van der Waals surface area contributed by atoms with Gasteiger partial charge in [0, 0.05) is 6.32 Å². The van der Waals surface area contributed by atoms with Crippen LogP contribution < -0.4 is 0 Å². The molecule has 3 rings (SSSR count). The minimum atomic E-state index is -0.0959. The Labute approximate surface area is 127 Å². The minimum Gasteiger partial charge on any atom is -0.405 e. The van der Waals surface area contributed by atoms with Crippen LogP contribution in [0.4, 0.5) is 0 Å². The van der Waals surface area contributed by atoms with E-state index in [2.05, 4.69) is 44.5 Å². The lowest BCUT2D eigenvalue weighted by Crippen LogP contribution is -2.51. The maximum absolute atomic E-state index is 6.43. The second-order valence-corrected chi connectivity index (χ2v) is 7.90. The molecule has 110 valence electrons. The summed E-state index contributed by atoms with van der Waals surface area (Å²) in [6, 6.07) is 2.17. The zero-order valence-electron chi connectivity index (χ0n) is 13.0. The molecule has 1 saturated heterocycles. The lowest BCUT2D eigenvalue weighted by atomic mass is 9.66. The monoisotopic (exact) mass is 292 g/mol. The SMILES string of the molecule is CC1CC2OB(Cc3ccsc3)OC2(C)C(C(C)C)C1. The molecule has 2 heterocycles. The molecule has 2 nitrogen and oxygen atoms in total. The molecule has 0 radical (unpaired) electrons. The Morgan fingerprint density at radius 1 is 1.45 bits per heavy atom. The third-order valence-electron chi connectivity index (χ3n) is 5.14. The fourth-order valence-corrected chi connectivity index (χ4v) is 4.76. The van der Waals surface area contributed by atoms with Gasteiger partial charge in [-0.3, -0.25) is 0 Å². The van der Waals surface area contributed by atoms with E-state index in [-0.39, 0.29) is 18.8 Å². The largest absolute Gasteiger partial charge is 0.462 e. The first-order valence-corrected chi connectivity index (χ1v) is 8.77. The van der Waals surface area contributed by atoms with Crippen LogP contribution >= 0.6 is 11.3 Å². The second-order valence-electron chi connectivity index (χ2n) is 7.12. The van der Waals surface area contributed by atoms with Crippen LogP contribution in [0.3, 0.4) is 0 Å². The highest BCUT2D eigenvalue weighted by Gasteiger charge is 2.55. The molecule has 4 atom stereocenters. The van der Waals surface area contributed by atoms with E-state index >= 15 is 0 Å². The summed E-state index contributed by atoms with van der Waals surface area (Å²) in [7, 11) is -0.0638. The van der Waals surface area contributed by atoms with Gasteiger partial charge < -0.3 is 9.31 Å². The summed E-state index contributed by atoms with van der Waals surface area (Å²) in [5.74, 6) is 1.99. The van der Waals surface area contributed by atoms with Gasteiger partial charge >= 0.3 is 7.12 Å². The van der Waals surface area contributed by atoms with Gasteiger partial charge in [-0.05, 0) is 59.9 Å². The maximum atomic E-state index is 6.43. The van der Waals surface area contributed by atoms with Gasteiger partial charge in [-0.25, -0.2) is 0 Å². The molecule has 0 spiro atoms. The molecule has 1 saturated carbocycles. The molecule has 1 aromatic heterocycles. The number of fused-ring (bicyclic) bond motifs is 1. The van der Waals surface area contributed by atoms with Crippen molar-refractivity contribution in [2.45, 2.75) is 58.6 Å². The summed E-state index contributed by atoms with van der Waals surface area (Å²) in [6.45, 7) is 9.27. The van der Waals surface area contributed by atoms with Crippen LogP contribution in [0.1, 0.15) is 46.1 Å². The molecule has 1 aromatic rings. The topological polar surface area (TPSA) is 18.5 Å². The van der Waals surface area contributed by atoms with E-state index < -0.39 is 0 Å². The van der Waals surface area contributed by atoms with Crippen molar-refractivity contribution in [3.05, 3.63) is 22.4 Å². The Morgan fingerprint density at radius 2 is 2.25 bits per heavy atom. The third-order valence-corrected chi connectivity index (χ3v) is 5.87. The number of hydrogen-bond donors (Lipinski definition) is 0. The van der Waals surface area contributed by atoms with Gasteiger partial charge in [0.25, 0.3) is 0 Å². The first-order chi connectivity index (χ1) is 9.49. The lowest BCUT2D eigenvalue weighted by molar-refractivity contribution is -0.0661. The Balaban J connectivity index is 1.76. The number of thiophene rings is 1. The molecule has 2 fully saturated rings. The van der Waals surface area contributed by atoms with E-state index in [0.29, 0.717) is 11.8 Å². The molecule has 0 aromatic carbocycles. The third kappa shape index (κ3) is 2.58. The Hall–Kier alpha value is -0.315. The highest BCUT2D eigenvalue weighted by molar-refractivity contribution is 7.08. The van der Waals surface area contributed by atoms with Crippen LogP contribution in [-0.4, -0.2) is 18.8 Å². The predicted octanol–water partition coefficient (Wildman–Crippen LogP) is 4.19. The minimum absolute atomic E-state index is 0.0638. The van der Waals surface area contributed by atoms with E-state index in [1.807, 2.05) is 0 Å². The molecule has 4 unspecified atom stereocenters. The Kier molecular flexibility index (Phi) is 4.00. The van der Waals surface area contributed by atoms with Crippen molar-refractivity contribution in [3.8, 4) is 0 Å². The van der Waals surface area contributed by atoms with Crippen LogP contribution in [0.25, 0.3) is 0 Å². The highest BCUT2D eigenvalue weighted by Crippen LogP contribution is 2.48. The summed E-state index contributed by atoms with van der Waals surface area (Å²) in [6.07, 6.45) is 3.55. The van der Waals surface area contributed by atoms with Gasteiger partial charge in [0.15, 0.2) is 0 Å². The molecule has 4 heteroatoms. The quantitative estimate of drug-likeness (QED) is 0.778. The zero-order valence-corrected chi connectivity index (χ0v) is 13.8. The summed E-state index contributed by atoms with van der Waals surface area (Å²) in [5.41, 5.74) is 1.23. The standard InChI is InChI=1S/C16H25BO2S/c1-11(2)14-7-12(3)8-15-16(14,4)19-17(18-15)9-13-5-6-20-10-13/h5-6,10-12,14-15H,7-9H2,1-4H3. The smallest absolute Gasteiger partial charge is 0.405 e. The van der Waals surface area contributed by atoms with E-state index in [9.17, 15) is 0 Å². The Bertz CT molecular complexity index is 447. The van der Waals surface area contributed by atoms with Crippen molar-refractivity contribution in [1.82, 2.24) is 0 Å². The molecule has 2 aliphatic rings. The van der Waals surface area contributed by atoms with Gasteiger partial charge in [-0.15, -0.1) is 0 Å². The molecule has 0 N–H and O–H groups in total.